The highest BCUT2D eigenvalue weighted by molar-refractivity contribution is 7.89. The third-order valence-corrected chi connectivity index (χ3v) is 5.33. The van der Waals surface area contributed by atoms with Gasteiger partial charge in [-0.15, -0.1) is 0 Å². The van der Waals surface area contributed by atoms with Crippen LogP contribution in [-0.2, 0) is 14.8 Å². The molecule has 1 saturated heterocycles. The number of thiophene rings is 1. The van der Waals surface area contributed by atoms with Gasteiger partial charge in [0.1, 0.15) is 0 Å². The normalized spacial score (nSPS) is 16.0. The number of hydrogen-bond acceptors (Lipinski definition) is 5. The van der Waals surface area contributed by atoms with E-state index < -0.39 is 10.0 Å². The predicted molar refractivity (Wildman–Crippen MR) is 79.1 cm³/mol. The molecule has 1 fully saturated rings. The van der Waals surface area contributed by atoms with Gasteiger partial charge in [0.05, 0.1) is 24.2 Å². The zero-order valence-electron chi connectivity index (χ0n) is 10.6. The minimum atomic E-state index is -3.54. The summed E-state index contributed by atoms with van der Waals surface area (Å²) in [6, 6.07) is 6.62. The number of hydrogen-bond donors (Lipinski definition) is 2. The zero-order valence-corrected chi connectivity index (χ0v) is 12.2. The lowest BCUT2D eigenvalue weighted by atomic mass is 10.1. The van der Waals surface area contributed by atoms with E-state index in [0.29, 0.717) is 18.9 Å². The Morgan fingerprint density at radius 1 is 1.30 bits per heavy atom. The third kappa shape index (κ3) is 2.57. The van der Waals surface area contributed by atoms with E-state index in [1.165, 1.54) is 6.07 Å². The topological polar surface area (TPSA) is 81.4 Å². The van der Waals surface area contributed by atoms with E-state index in [9.17, 15) is 8.42 Å². The maximum absolute atomic E-state index is 12.2. The number of sulfonamides is 1. The Balaban J connectivity index is 1.90. The molecule has 0 aliphatic carbocycles. The number of ether oxygens (including phenoxy) is 1. The summed E-state index contributed by atoms with van der Waals surface area (Å²) in [5.41, 5.74) is 8.27. The number of benzene rings is 1. The van der Waals surface area contributed by atoms with Crippen LogP contribution in [0.5, 0.6) is 0 Å². The van der Waals surface area contributed by atoms with Gasteiger partial charge in [-0.3, -0.25) is 0 Å². The molecule has 7 heteroatoms. The van der Waals surface area contributed by atoms with Crippen molar-refractivity contribution < 1.29 is 13.2 Å². The number of nitrogens with one attached hydrogen (secondary N) is 1. The van der Waals surface area contributed by atoms with Crippen molar-refractivity contribution in [1.82, 2.24) is 4.72 Å². The Hall–Kier alpha value is -1.41. The van der Waals surface area contributed by atoms with E-state index in [2.05, 4.69) is 4.72 Å². The third-order valence-electron chi connectivity index (χ3n) is 3.13. The molecule has 5 nitrogen and oxygen atoms in total. The largest absolute Gasteiger partial charge is 0.398 e. The first-order valence-electron chi connectivity index (χ1n) is 6.08. The molecule has 0 bridgehead atoms. The molecule has 0 saturated carbocycles. The molecular weight excluding hydrogens is 296 g/mol. The van der Waals surface area contributed by atoms with Crippen molar-refractivity contribution in [2.45, 2.75) is 10.9 Å². The van der Waals surface area contributed by atoms with Gasteiger partial charge in [-0.05, 0) is 34.5 Å². The summed E-state index contributed by atoms with van der Waals surface area (Å²) in [6.07, 6.45) is 0. The van der Waals surface area contributed by atoms with Crippen molar-refractivity contribution in [1.29, 1.82) is 0 Å². The lowest BCUT2D eigenvalue weighted by Crippen LogP contribution is -2.48. The van der Waals surface area contributed by atoms with Crippen LogP contribution in [0.25, 0.3) is 11.1 Å². The Morgan fingerprint density at radius 2 is 2.10 bits per heavy atom. The van der Waals surface area contributed by atoms with Crippen LogP contribution in [0, 0.1) is 0 Å². The fourth-order valence-corrected chi connectivity index (χ4v) is 3.88. The van der Waals surface area contributed by atoms with Crippen molar-refractivity contribution in [3.05, 3.63) is 35.0 Å². The molecule has 1 aromatic heterocycles. The summed E-state index contributed by atoms with van der Waals surface area (Å²) in [5.74, 6) is 0. The van der Waals surface area contributed by atoms with Crippen molar-refractivity contribution in [2.75, 3.05) is 18.9 Å². The van der Waals surface area contributed by atoms with Gasteiger partial charge >= 0.3 is 0 Å². The maximum atomic E-state index is 12.2. The summed E-state index contributed by atoms with van der Waals surface area (Å²) < 4.78 is 31.9. The summed E-state index contributed by atoms with van der Waals surface area (Å²) in [6.45, 7) is 0.837. The predicted octanol–water partition coefficient (Wildman–Crippen LogP) is 1.67. The summed E-state index contributed by atoms with van der Waals surface area (Å²) in [7, 11) is -3.54. The van der Waals surface area contributed by atoms with E-state index in [4.69, 9.17) is 10.5 Å². The molecule has 3 rings (SSSR count). The van der Waals surface area contributed by atoms with Crippen LogP contribution in [-0.4, -0.2) is 27.7 Å². The molecule has 106 valence electrons. The molecule has 20 heavy (non-hydrogen) atoms. The SMILES string of the molecule is Nc1cc(S(=O)(=O)NC2COC2)ccc1-c1ccsc1. The van der Waals surface area contributed by atoms with E-state index in [-0.39, 0.29) is 10.9 Å². The molecule has 1 aliphatic heterocycles. The molecule has 3 N–H and O–H groups in total. The van der Waals surface area contributed by atoms with Crippen LogP contribution in [0.4, 0.5) is 5.69 Å². The Bertz CT molecular complexity index is 707. The van der Waals surface area contributed by atoms with Crippen molar-refractivity contribution in [3.8, 4) is 11.1 Å². The van der Waals surface area contributed by atoms with Crippen LogP contribution in [0.15, 0.2) is 39.9 Å². The van der Waals surface area contributed by atoms with Gasteiger partial charge in [0.15, 0.2) is 0 Å². The van der Waals surface area contributed by atoms with Crippen molar-refractivity contribution in [3.63, 3.8) is 0 Å². The highest BCUT2D eigenvalue weighted by Gasteiger charge is 2.25. The Kier molecular flexibility index (Phi) is 3.51. The van der Waals surface area contributed by atoms with Crippen LogP contribution in [0.1, 0.15) is 0 Å². The van der Waals surface area contributed by atoms with Gasteiger partial charge in [0.2, 0.25) is 10.0 Å². The Labute approximate surface area is 121 Å². The molecule has 0 unspecified atom stereocenters. The monoisotopic (exact) mass is 310 g/mol. The van der Waals surface area contributed by atoms with E-state index in [1.54, 1.807) is 23.5 Å². The van der Waals surface area contributed by atoms with Crippen molar-refractivity contribution in [2.24, 2.45) is 0 Å². The van der Waals surface area contributed by atoms with Gasteiger partial charge in [-0.25, -0.2) is 13.1 Å². The van der Waals surface area contributed by atoms with Gasteiger partial charge in [-0.1, -0.05) is 6.07 Å². The number of anilines is 1. The maximum Gasteiger partial charge on any atom is 0.241 e. The molecule has 1 aromatic carbocycles. The standard InChI is InChI=1S/C13H14N2O3S2/c14-13-5-11(20(16,17)15-10-6-18-7-10)1-2-12(13)9-3-4-19-8-9/h1-5,8,10,15H,6-7,14H2. The van der Waals surface area contributed by atoms with Gasteiger partial charge in [0, 0.05) is 11.3 Å². The van der Waals surface area contributed by atoms with Gasteiger partial charge in [0.25, 0.3) is 0 Å². The lowest BCUT2D eigenvalue weighted by molar-refractivity contribution is 0.00482. The highest BCUT2D eigenvalue weighted by atomic mass is 32.2. The highest BCUT2D eigenvalue weighted by Crippen LogP contribution is 2.29. The molecule has 2 aromatic rings. The molecule has 2 heterocycles. The first-order chi connectivity index (χ1) is 9.56. The number of nitrogen functional groups attached to an aromatic ring is 1. The molecule has 0 spiro atoms. The molecular formula is C13H14N2O3S2. The number of nitrogens with two attached hydrogens (primary N) is 1. The van der Waals surface area contributed by atoms with E-state index in [1.807, 2.05) is 16.8 Å². The van der Waals surface area contributed by atoms with Gasteiger partial charge < -0.3 is 10.5 Å². The van der Waals surface area contributed by atoms with Crippen LogP contribution in [0.3, 0.4) is 0 Å². The van der Waals surface area contributed by atoms with Gasteiger partial charge in [-0.2, -0.15) is 11.3 Å². The smallest absolute Gasteiger partial charge is 0.241 e. The summed E-state index contributed by atoms with van der Waals surface area (Å²) in [4.78, 5) is 0.181. The lowest BCUT2D eigenvalue weighted by Gasteiger charge is -2.26. The van der Waals surface area contributed by atoms with E-state index in [0.717, 1.165) is 11.1 Å². The van der Waals surface area contributed by atoms with Crippen LogP contribution in [0.2, 0.25) is 0 Å². The van der Waals surface area contributed by atoms with Crippen LogP contribution >= 0.6 is 11.3 Å². The fourth-order valence-electron chi connectivity index (χ4n) is 1.98. The summed E-state index contributed by atoms with van der Waals surface area (Å²) in [5, 5.41) is 3.93. The number of rotatable bonds is 4. The summed E-state index contributed by atoms with van der Waals surface area (Å²) >= 11 is 1.57. The fraction of sp³-hybridized carbons (Fsp3) is 0.231. The first-order valence-corrected chi connectivity index (χ1v) is 8.51. The minimum Gasteiger partial charge on any atom is -0.398 e. The minimum absolute atomic E-state index is 0.141. The second kappa shape index (κ2) is 5.17. The second-order valence-corrected chi connectivity index (χ2v) is 7.11. The molecule has 0 amide bonds. The zero-order chi connectivity index (χ0) is 14.2. The first kappa shape index (κ1) is 13.6. The van der Waals surface area contributed by atoms with Crippen molar-refractivity contribution >= 4 is 27.0 Å². The average Bonchev–Trinajstić information content (AvgIpc) is 2.87. The molecule has 1 aliphatic rings. The van der Waals surface area contributed by atoms with Crippen LogP contribution < -0.4 is 10.5 Å². The molecule has 0 radical (unpaired) electrons. The molecule has 0 atom stereocenters. The Morgan fingerprint density at radius 3 is 2.65 bits per heavy atom. The quantitative estimate of drug-likeness (QED) is 0.842. The average molecular weight is 310 g/mol. The van der Waals surface area contributed by atoms with E-state index >= 15 is 0 Å². The second-order valence-electron chi connectivity index (χ2n) is 4.62.